The number of nitrogens with zero attached hydrogens (tertiary/aromatic N) is 1. The fourth-order valence-corrected chi connectivity index (χ4v) is 2.04. The van der Waals surface area contributed by atoms with Crippen LogP contribution in [0.4, 0.5) is 0 Å². The van der Waals surface area contributed by atoms with Gasteiger partial charge in [-0.25, -0.2) is 0 Å². The van der Waals surface area contributed by atoms with Crippen LogP contribution in [0.2, 0.25) is 0 Å². The molecule has 1 aromatic carbocycles. The number of benzene rings is 1. The van der Waals surface area contributed by atoms with Gasteiger partial charge < -0.3 is 19.7 Å². The van der Waals surface area contributed by atoms with Gasteiger partial charge in [0, 0.05) is 12.6 Å². The van der Waals surface area contributed by atoms with E-state index in [0.717, 1.165) is 31.0 Å². The summed E-state index contributed by atoms with van der Waals surface area (Å²) in [5.41, 5.74) is 1.24. The average molecular weight is 264 g/mol. The first-order chi connectivity index (χ1) is 9.15. The first kappa shape index (κ1) is 14.2. The summed E-state index contributed by atoms with van der Waals surface area (Å²) in [4.78, 5) is 2.21. The van der Waals surface area contributed by atoms with Crippen LogP contribution in [0.25, 0.3) is 0 Å². The summed E-state index contributed by atoms with van der Waals surface area (Å²) in [6, 6.07) is 6.67. The standard InChI is InChI=1S/C15H24N2O2/c1-12(6-7-17(2)3)16-11-13-4-5-14-15(10-13)19-9-8-18-14/h4-5,10,12,16H,6-9,11H2,1-3H3. The van der Waals surface area contributed by atoms with Gasteiger partial charge in [-0.05, 0) is 51.7 Å². The van der Waals surface area contributed by atoms with Crippen LogP contribution in [-0.2, 0) is 6.54 Å². The van der Waals surface area contributed by atoms with Crippen molar-refractivity contribution in [3.05, 3.63) is 23.8 Å². The van der Waals surface area contributed by atoms with Gasteiger partial charge in [0.1, 0.15) is 13.2 Å². The first-order valence-electron chi connectivity index (χ1n) is 6.92. The van der Waals surface area contributed by atoms with E-state index in [2.05, 4.69) is 43.4 Å². The highest BCUT2D eigenvalue weighted by Gasteiger charge is 2.11. The minimum atomic E-state index is 0.510. The van der Waals surface area contributed by atoms with E-state index >= 15 is 0 Å². The van der Waals surface area contributed by atoms with Crippen LogP contribution in [0.15, 0.2) is 18.2 Å². The molecule has 0 saturated carbocycles. The van der Waals surface area contributed by atoms with E-state index in [1.807, 2.05) is 6.07 Å². The molecule has 0 aliphatic carbocycles. The van der Waals surface area contributed by atoms with E-state index in [1.165, 1.54) is 5.56 Å². The lowest BCUT2D eigenvalue weighted by molar-refractivity contribution is 0.171. The molecule has 2 rings (SSSR count). The molecule has 1 aliphatic heterocycles. The summed E-state index contributed by atoms with van der Waals surface area (Å²) < 4.78 is 11.1. The zero-order chi connectivity index (χ0) is 13.7. The van der Waals surface area contributed by atoms with Gasteiger partial charge in [0.25, 0.3) is 0 Å². The van der Waals surface area contributed by atoms with Gasteiger partial charge in [0.15, 0.2) is 11.5 Å². The molecule has 1 atom stereocenters. The van der Waals surface area contributed by atoms with Crippen LogP contribution in [-0.4, -0.2) is 44.8 Å². The number of hydrogen-bond acceptors (Lipinski definition) is 4. The topological polar surface area (TPSA) is 33.7 Å². The van der Waals surface area contributed by atoms with Crippen LogP contribution in [0.5, 0.6) is 11.5 Å². The summed E-state index contributed by atoms with van der Waals surface area (Å²) in [6.45, 7) is 5.48. The molecule has 0 fully saturated rings. The van der Waals surface area contributed by atoms with E-state index < -0.39 is 0 Å². The minimum absolute atomic E-state index is 0.510. The Kier molecular flexibility index (Phi) is 5.05. The number of ether oxygens (including phenoxy) is 2. The summed E-state index contributed by atoms with van der Waals surface area (Å²) in [7, 11) is 4.21. The molecule has 19 heavy (non-hydrogen) atoms. The van der Waals surface area contributed by atoms with Gasteiger partial charge in [0.05, 0.1) is 0 Å². The van der Waals surface area contributed by atoms with Crippen molar-refractivity contribution in [2.75, 3.05) is 33.9 Å². The lowest BCUT2D eigenvalue weighted by Crippen LogP contribution is -2.29. The highest BCUT2D eigenvalue weighted by Crippen LogP contribution is 2.30. The number of rotatable bonds is 6. The Hall–Kier alpha value is -1.26. The third kappa shape index (κ3) is 4.40. The fourth-order valence-electron chi connectivity index (χ4n) is 2.04. The molecule has 0 saturated heterocycles. The molecule has 1 N–H and O–H groups in total. The van der Waals surface area contributed by atoms with Crippen molar-refractivity contribution in [1.29, 1.82) is 0 Å². The predicted octanol–water partition coefficient (Wildman–Crippen LogP) is 1.89. The zero-order valence-electron chi connectivity index (χ0n) is 12.1. The molecule has 0 spiro atoms. The summed E-state index contributed by atoms with van der Waals surface area (Å²) in [6.07, 6.45) is 1.15. The Bertz CT molecular complexity index is 407. The largest absolute Gasteiger partial charge is 0.486 e. The van der Waals surface area contributed by atoms with Crippen LogP contribution < -0.4 is 14.8 Å². The molecule has 1 aromatic rings. The maximum atomic E-state index is 5.59. The SMILES string of the molecule is CC(CCN(C)C)NCc1ccc2c(c1)OCCO2. The van der Waals surface area contributed by atoms with Gasteiger partial charge in [0.2, 0.25) is 0 Å². The Labute approximate surface area is 115 Å². The fraction of sp³-hybridized carbons (Fsp3) is 0.600. The zero-order valence-corrected chi connectivity index (χ0v) is 12.1. The van der Waals surface area contributed by atoms with Gasteiger partial charge in [-0.15, -0.1) is 0 Å². The van der Waals surface area contributed by atoms with Crippen LogP contribution in [0.3, 0.4) is 0 Å². The Balaban J connectivity index is 1.82. The highest BCUT2D eigenvalue weighted by atomic mass is 16.6. The minimum Gasteiger partial charge on any atom is -0.486 e. The van der Waals surface area contributed by atoms with Gasteiger partial charge in [-0.1, -0.05) is 6.07 Å². The van der Waals surface area contributed by atoms with Crippen molar-refractivity contribution in [2.24, 2.45) is 0 Å². The van der Waals surface area contributed by atoms with E-state index in [0.29, 0.717) is 19.3 Å². The van der Waals surface area contributed by atoms with Crippen molar-refractivity contribution >= 4 is 0 Å². The average Bonchev–Trinajstić information content (AvgIpc) is 2.42. The highest BCUT2D eigenvalue weighted by molar-refractivity contribution is 5.43. The van der Waals surface area contributed by atoms with Crippen molar-refractivity contribution in [1.82, 2.24) is 10.2 Å². The Morgan fingerprint density at radius 2 is 1.95 bits per heavy atom. The maximum Gasteiger partial charge on any atom is 0.161 e. The quantitative estimate of drug-likeness (QED) is 0.850. The lowest BCUT2D eigenvalue weighted by Gasteiger charge is -2.20. The van der Waals surface area contributed by atoms with Crippen LogP contribution in [0, 0.1) is 0 Å². The van der Waals surface area contributed by atoms with Gasteiger partial charge in [-0.2, -0.15) is 0 Å². The summed E-state index contributed by atoms with van der Waals surface area (Å²) in [5, 5.41) is 3.54. The van der Waals surface area contributed by atoms with Gasteiger partial charge in [-0.3, -0.25) is 0 Å². The third-order valence-electron chi connectivity index (χ3n) is 3.27. The molecule has 4 heteroatoms. The van der Waals surface area contributed by atoms with E-state index in [1.54, 1.807) is 0 Å². The van der Waals surface area contributed by atoms with Crippen molar-refractivity contribution in [3.8, 4) is 11.5 Å². The molecule has 4 nitrogen and oxygen atoms in total. The molecular weight excluding hydrogens is 240 g/mol. The Morgan fingerprint density at radius 1 is 1.21 bits per heavy atom. The van der Waals surface area contributed by atoms with E-state index in [-0.39, 0.29) is 0 Å². The van der Waals surface area contributed by atoms with Gasteiger partial charge >= 0.3 is 0 Å². The number of nitrogens with one attached hydrogen (secondary N) is 1. The predicted molar refractivity (Wildman–Crippen MR) is 76.9 cm³/mol. The molecule has 0 aromatic heterocycles. The van der Waals surface area contributed by atoms with Crippen molar-refractivity contribution < 1.29 is 9.47 Å². The molecule has 1 heterocycles. The number of hydrogen-bond donors (Lipinski definition) is 1. The van der Waals surface area contributed by atoms with Crippen molar-refractivity contribution in [2.45, 2.75) is 25.9 Å². The second-order valence-corrected chi connectivity index (χ2v) is 5.35. The van der Waals surface area contributed by atoms with Crippen LogP contribution >= 0.6 is 0 Å². The second kappa shape index (κ2) is 6.78. The first-order valence-corrected chi connectivity index (χ1v) is 6.92. The molecule has 106 valence electrons. The number of fused-ring (bicyclic) bond motifs is 1. The Morgan fingerprint density at radius 3 is 2.68 bits per heavy atom. The molecule has 1 aliphatic rings. The normalized spacial score (nSPS) is 15.6. The van der Waals surface area contributed by atoms with E-state index in [9.17, 15) is 0 Å². The molecule has 0 radical (unpaired) electrons. The maximum absolute atomic E-state index is 5.59. The molecule has 0 amide bonds. The smallest absolute Gasteiger partial charge is 0.161 e. The molecule has 1 unspecified atom stereocenters. The summed E-state index contributed by atoms with van der Waals surface area (Å²) >= 11 is 0. The monoisotopic (exact) mass is 264 g/mol. The third-order valence-corrected chi connectivity index (χ3v) is 3.27. The van der Waals surface area contributed by atoms with E-state index in [4.69, 9.17) is 9.47 Å². The van der Waals surface area contributed by atoms with Crippen molar-refractivity contribution in [3.63, 3.8) is 0 Å². The second-order valence-electron chi connectivity index (χ2n) is 5.35. The molecular formula is C15H24N2O2. The lowest BCUT2D eigenvalue weighted by atomic mass is 10.1. The molecule has 0 bridgehead atoms. The summed E-state index contributed by atoms with van der Waals surface area (Å²) in [5.74, 6) is 1.72. The van der Waals surface area contributed by atoms with Crippen LogP contribution in [0.1, 0.15) is 18.9 Å².